The van der Waals surface area contributed by atoms with Crippen LogP contribution in [0.1, 0.15) is 60.5 Å². The van der Waals surface area contributed by atoms with Crippen molar-refractivity contribution < 1.29 is 9.32 Å². The van der Waals surface area contributed by atoms with Gasteiger partial charge in [0.2, 0.25) is 11.8 Å². The fourth-order valence-corrected chi connectivity index (χ4v) is 4.05. The lowest BCUT2D eigenvalue weighted by Gasteiger charge is -2.36. The van der Waals surface area contributed by atoms with E-state index in [1.165, 1.54) is 18.4 Å². The van der Waals surface area contributed by atoms with E-state index in [4.69, 9.17) is 4.52 Å². The number of hydrogen-bond acceptors (Lipinski definition) is 5. The summed E-state index contributed by atoms with van der Waals surface area (Å²) in [4.78, 5) is 21.8. The molecule has 0 spiro atoms. The summed E-state index contributed by atoms with van der Waals surface area (Å²) in [5, 5.41) is 4.15. The van der Waals surface area contributed by atoms with E-state index in [0.717, 1.165) is 49.6 Å². The molecule has 1 saturated carbocycles. The molecule has 1 aromatic carbocycles. The molecule has 1 aliphatic carbocycles. The topological polar surface area (TPSA) is 62.5 Å². The highest BCUT2D eigenvalue weighted by atomic mass is 16.5. The quantitative estimate of drug-likeness (QED) is 0.767. The van der Waals surface area contributed by atoms with Crippen LogP contribution in [0.2, 0.25) is 0 Å². The summed E-state index contributed by atoms with van der Waals surface area (Å²) in [6, 6.07) is 8.06. The second-order valence-electron chi connectivity index (χ2n) is 8.57. The molecule has 1 aromatic heterocycles. The molecule has 1 amide bonds. The van der Waals surface area contributed by atoms with Crippen LogP contribution in [-0.2, 0) is 11.2 Å². The van der Waals surface area contributed by atoms with Crippen molar-refractivity contribution in [1.82, 2.24) is 19.9 Å². The minimum absolute atomic E-state index is 0.197. The molecule has 0 N–H and O–H groups in total. The molecule has 1 saturated heterocycles. The van der Waals surface area contributed by atoms with Crippen LogP contribution in [0.5, 0.6) is 0 Å². The third kappa shape index (κ3) is 4.27. The van der Waals surface area contributed by atoms with Crippen LogP contribution < -0.4 is 0 Å². The van der Waals surface area contributed by atoms with Crippen molar-refractivity contribution in [3.63, 3.8) is 0 Å². The minimum Gasteiger partial charge on any atom is -0.341 e. The van der Waals surface area contributed by atoms with Gasteiger partial charge < -0.3 is 9.42 Å². The Labute approximate surface area is 166 Å². The molecule has 28 heavy (non-hydrogen) atoms. The number of nitrogens with zero attached hydrogens (tertiary/aromatic N) is 4. The zero-order valence-corrected chi connectivity index (χ0v) is 17.1. The third-order valence-electron chi connectivity index (χ3n) is 5.95. The Morgan fingerprint density at radius 3 is 2.46 bits per heavy atom. The number of rotatable bonds is 6. The monoisotopic (exact) mass is 382 g/mol. The maximum atomic E-state index is 13.2. The van der Waals surface area contributed by atoms with Gasteiger partial charge in [0.05, 0.1) is 0 Å². The van der Waals surface area contributed by atoms with E-state index >= 15 is 0 Å². The first-order valence-electron chi connectivity index (χ1n) is 10.4. The smallest absolute Gasteiger partial charge is 0.244 e. The number of aryl methyl sites for hydroxylation is 1. The van der Waals surface area contributed by atoms with Gasteiger partial charge in [-0.15, -0.1) is 0 Å². The van der Waals surface area contributed by atoms with Gasteiger partial charge >= 0.3 is 0 Å². The zero-order valence-electron chi connectivity index (χ0n) is 17.1. The Balaban J connectivity index is 1.34. The second kappa shape index (κ2) is 8.03. The second-order valence-corrected chi connectivity index (χ2v) is 8.57. The van der Waals surface area contributed by atoms with Crippen molar-refractivity contribution in [3.05, 3.63) is 47.1 Å². The van der Waals surface area contributed by atoms with Crippen LogP contribution >= 0.6 is 0 Å². The van der Waals surface area contributed by atoms with Crippen LogP contribution in [-0.4, -0.2) is 53.0 Å². The average molecular weight is 383 g/mol. The summed E-state index contributed by atoms with van der Waals surface area (Å²) in [5.41, 5.74) is 2.27. The Kier molecular flexibility index (Phi) is 5.49. The summed E-state index contributed by atoms with van der Waals surface area (Å²) in [5.74, 6) is 2.87. The number of hydrogen-bond donors (Lipinski definition) is 0. The predicted molar refractivity (Wildman–Crippen MR) is 107 cm³/mol. The van der Waals surface area contributed by atoms with E-state index in [2.05, 4.69) is 41.3 Å². The van der Waals surface area contributed by atoms with Gasteiger partial charge in [-0.25, -0.2) is 0 Å². The SMILES string of the molecule is Cc1ccc([C@H](C(=O)N2CCC(Cc3noc(C4CC4)n3)CC2)N(C)C)cc1. The van der Waals surface area contributed by atoms with E-state index in [1.54, 1.807) is 0 Å². The number of piperidine rings is 1. The minimum atomic E-state index is -0.226. The largest absolute Gasteiger partial charge is 0.341 e. The number of carbonyl (C=O) groups excluding carboxylic acids is 1. The first kappa shape index (κ1) is 19.1. The van der Waals surface area contributed by atoms with Gasteiger partial charge in [0.25, 0.3) is 0 Å². The summed E-state index contributed by atoms with van der Waals surface area (Å²) < 4.78 is 5.37. The van der Waals surface area contributed by atoms with Gasteiger partial charge in [0.15, 0.2) is 5.82 Å². The summed E-state index contributed by atoms with van der Waals surface area (Å²) >= 11 is 0. The molecule has 150 valence electrons. The molecule has 1 aliphatic heterocycles. The Hall–Kier alpha value is -2.21. The summed E-state index contributed by atoms with van der Waals surface area (Å²) in [6.45, 7) is 3.67. The first-order chi connectivity index (χ1) is 13.5. The molecule has 6 nitrogen and oxygen atoms in total. The van der Waals surface area contributed by atoms with Crippen molar-refractivity contribution in [2.75, 3.05) is 27.2 Å². The molecular formula is C22H30N4O2. The van der Waals surface area contributed by atoms with Gasteiger partial charge in [-0.2, -0.15) is 4.98 Å². The predicted octanol–water partition coefficient (Wildman–Crippen LogP) is 3.34. The molecular weight excluding hydrogens is 352 g/mol. The number of likely N-dealkylation sites (tertiary alicyclic amines) is 1. The third-order valence-corrected chi connectivity index (χ3v) is 5.95. The van der Waals surface area contributed by atoms with Gasteiger partial charge in [0, 0.05) is 25.4 Å². The average Bonchev–Trinajstić information content (AvgIpc) is 3.43. The Bertz CT molecular complexity index is 802. The summed E-state index contributed by atoms with van der Waals surface area (Å²) in [7, 11) is 3.95. The van der Waals surface area contributed by atoms with E-state index in [0.29, 0.717) is 11.8 Å². The van der Waals surface area contributed by atoms with Gasteiger partial charge in [-0.05, 0) is 58.2 Å². The lowest BCUT2D eigenvalue weighted by molar-refractivity contribution is -0.137. The zero-order chi connectivity index (χ0) is 19.7. The number of benzene rings is 1. The van der Waals surface area contributed by atoms with Crippen LogP contribution in [0, 0.1) is 12.8 Å². The molecule has 2 aromatic rings. The summed E-state index contributed by atoms with van der Waals surface area (Å²) in [6.07, 6.45) is 5.19. The van der Waals surface area contributed by atoms with Gasteiger partial charge in [0.1, 0.15) is 6.04 Å². The standard InChI is InChI=1S/C22H30N4O2/c1-15-4-6-17(7-5-15)20(25(2)3)22(27)26-12-10-16(11-13-26)14-19-23-21(28-24-19)18-8-9-18/h4-7,16,18,20H,8-14H2,1-3H3/t20-/m1/s1. The number of likely N-dealkylation sites (N-methyl/N-ethyl adjacent to an activating group) is 1. The number of amides is 1. The lowest BCUT2D eigenvalue weighted by atomic mass is 9.92. The molecule has 2 aliphatic rings. The molecule has 6 heteroatoms. The maximum Gasteiger partial charge on any atom is 0.244 e. The highest BCUT2D eigenvalue weighted by Crippen LogP contribution is 2.39. The molecule has 0 unspecified atom stereocenters. The first-order valence-corrected chi connectivity index (χ1v) is 10.4. The normalized spacial score (nSPS) is 19.2. The lowest BCUT2D eigenvalue weighted by Crippen LogP contribution is -2.44. The molecule has 0 bridgehead atoms. The van der Waals surface area contributed by atoms with E-state index in [-0.39, 0.29) is 11.9 Å². The fraction of sp³-hybridized carbons (Fsp3) is 0.591. The van der Waals surface area contributed by atoms with Crippen LogP contribution in [0.4, 0.5) is 0 Å². The highest BCUT2D eigenvalue weighted by Gasteiger charge is 2.32. The maximum absolute atomic E-state index is 13.2. The fourth-order valence-electron chi connectivity index (χ4n) is 4.05. The van der Waals surface area contributed by atoms with E-state index < -0.39 is 0 Å². The number of carbonyl (C=O) groups is 1. The Morgan fingerprint density at radius 2 is 1.86 bits per heavy atom. The van der Waals surface area contributed by atoms with E-state index in [1.807, 2.05) is 23.9 Å². The highest BCUT2D eigenvalue weighted by molar-refractivity contribution is 5.83. The number of aromatic nitrogens is 2. The Morgan fingerprint density at radius 1 is 1.18 bits per heavy atom. The molecule has 2 fully saturated rings. The van der Waals surface area contributed by atoms with Crippen LogP contribution in [0.3, 0.4) is 0 Å². The van der Waals surface area contributed by atoms with Crippen molar-refractivity contribution >= 4 is 5.91 Å². The van der Waals surface area contributed by atoms with Crippen molar-refractivity contribution in [3.8, 4) is 0 Å². The molecule has 0 radical (unpaired) electrons. The van der Waals surface area contributed by atoms with Gasteiger partial charge in [-0.3, -0.25) is 9.69 Å². The molecule has 1 atom stereocenters. The van der Waals surface area contributed by atoms with Crippen LogP contribution in [0.15, 0.2) is 28.8 Å². The van der Waals surface area contributed by atoms with Crippen LogP contribution in [0.25, 0.3) is 0 Å². The van der Waals surface area contributed by atoms with Gasteiger partial charge in [-0.1, -0.05) is 35.0 Å². The van der Waals surface area contributed by atoms with Crippen molar-refractivity contribution in [2.45, 2.75) is 51.0 Å². The van der Waals surface area contributed by atoms with Crippen molar-refractivity contribution in [1.29, 1.82) is 0 Å². The molecule has 2 heterocycles. The van der Waals surface area contributed by atoms with Crippen molar-refractivity contribution in [2.24, 2.45) is 5.92 Å². The molecule has 4 rings (SSSR count). The van der Waals surface area contributed by atoms with E-state index in [9.17, 15) is 4.79 Å².